The molecule has 0 radical (unpaired) electrons. The summed E-state index contributed by atoms with van der Waals surface area (Å²) in [5.74, 6) is -0.651. The highest BCUT2D eigenvalue weighted by Crippen LogP contribution is 2.30. The minimum Gasteiger partial charge on any atom is -0.477 e. The van der Waals surface area contributed by atoms with Gasteiger partial charge in [0.15, 0.2) is 5.16 Å². The highest BCUT2D eigenvalue weighted by Gasteiger charge is 2.30. The molecule has 0 spiro atoms. The first-order chi connectivity index (χ1) is 8.63. The van der Waals surface area contributed by atoms with Crippen LogP contribution in [-0.2, 0) is 0 Å². The number of thioether (sulfide) groups is 1. The number of nitrogens with zero attached hydrogens (tertiary/aromatic N) is 3. The summed E-state index contributed by atoms with van der Waals surface area (Å²) < 4.78 is 0. The molecule has 0 amide bonds. The number of rotatable bonds is 4. The largest absolute Gasteiger partial charge is 0.477 e. The number of anilines is 1. The van der Waals surface area contributed by atoms with Gasteiger partial charge < -0.3 is 10.4 Å². The van der Waals surface area contributed by atoms with Crippen LogP contribution >= 0.6 is 11.8 Å². The molecule has 1 aromatic heterocycles. The molecule has 1 heterocycles. The monoisotopic (exact) mass is 264 g/mol. The summed E-state index contributed by atoms with van der Waals surface area (Å²) in [5, 5.41) is 21.3. The van der Waals surface area contributed by atoms with Crippen molar-refractivity contribution in [2.24, 2.45) is 5.92 Å². The molecule has 7 heteroatoms. The number of nitriles is 1. The summed E-state index contributed by atoms with van der Waals surface area (Å²) in [6, 6.07) is 2.31. The zero-order chi connectivity index (χ0) is 13.1. The van der Waals surface area contributed by atoms with Crippen LogP contribution < -0.4 is 5.32 Å². The molecule has 0 aliphatic heterocycles. The molecule has 18 heavy (non-hydrogen) atoms. The fourth-order valence-electron chi connectivity index (χ4n) is 1.76. The van der Waals surface area contributed by atoms with Crippen LogP contribution in [0, 0.1) is 17.2 Å². The first-order valence-electron chi connectivity index (χ1n) is 5.44. The second-order valence-electron chi connectivity index (χ2n) is 4.06. The molecule has 1 aliphatic carbocycles. The van der Waals surface area contributed by atoms with Gasteiger partial charge in [-0.25, -0.2) is 14.8 Å². The molecule has 1 aliphatic rings. The molecule has 1 fully saturated rings. The van der Waals surface area contributed by atoms with Crippen molar-refractivity contribution >= 4 is 23.5 Å². The average Bonchev–Trinajstić information content (AvgIpc) is 2.32. The molecule has 0 aromatic carbocycles. The summed E-state index contributed by atoms with van der Waals surface area (Å²) in [4.78, 5) is 19.2. The molecule has 0 bridgehead atoms. The van der Waals surface area contributed by atoms with Gasteiger partial charge in [0.1, 0.15) is 11.4 Å². The number of aromatic carboxylic acids is 1. The minimum absolute atomic E-state index is 0.0632. The van der Waals surface area contributed by atoms with Gasteiger partial charge in [0.2, 0.25) is 0 Å². The van der Waals surface area contributed by atoms with Crippen LogP contribution in [0.2, 0.25) is 0 Å². The van der Waals surface area contributed by atoms with Crippen LogP contribution in [-0.4, -0.2) is 33.3 Å². The summed E-state index contributed by atoms with van der Waals surface area (Å²) in [6.45, 7) is 0. The maximum absolute atomic E-state index is 11.1. The predicted octanol–water partition coefficient (Wildman–Crippen LogP) is 1.61. The first kappa shape index (κ1) is 12.6. The van der Waals surface area contributed by atoms with Gasteiger partial charge in [0.25, 0.3) is 0 Å². The van der Waals surface area contributed by atoms with Crippen LogP contribution in [0.1, 0.15) is 23.2 Å². The SMILES string of the molecule is CSc1ncc(C(=O)O)c(N[C@H]2C[C@H](C#N)C2)n1. The van der Waals surface area contributed by atoms with E-state index in [1.165, 1.54) is 18.0 Å². The smallest absolute Gasteiger partial charge is 0.341 e. The van der Waals surface area contributed by atoms with Gasteiger partial charge in [-0.1, -0.05) is 11.8 Å². The number of carbonyl (C=O) groups is 1. The quantitative estimate of drug-likeness (QED) is 0.629. The number of aromatic nitrogens is 2. The second-order valence-corrected chi connectivity index (χ2v) is 4.84. The van der Waals surface area contributed by atoms with Gasteiger partial charge >= 0.3 is 5.97 Å². The Balaban J connectivity index is 2.15. The number of carboxylic acids is 1. The Hall–Kier alpha value is -1.81. The highest BCUT2D eigenvalue weighted by molar-refractivity contribution is 7.98. The van der Waals surface area contributed by atoms with E-state index in [1.807, 2.05) is 6.26 Å². The zero-order valence-corrected chi connectivity index (χ0v) is 10.6. The zero-order valence-electron chi connectivity index (χ0n) is 9.75. The lowest BCUT2D eigenvalue weighted by molar-refractivity contribution is 0.0696. The van der Waals surface area contributed by atoms with E-state index in [0.29, 0.717) is 11.0 Å². The third kappa shape index (κ3) is 2.54. The van der Waals surface area contributed by atoms with Gasteiger partial charge in [-0.15, -0.1) is 0 Å². The molecular formula is C11H12N4O2S. The van der Waals surface area contributed by atoms with E-state index in [0.717, 1.165) is 12.8 Å². The number of nitrogens with one attached hydrogen (secondary N) is 1. The normalized spacial score (nSPS) is 21.8. The van der Waals surface area contributed by atoms with Crippen LogP contribution in [0.15, 0.2) is 11.4 Å². The molecule has 6 nitrogen and oxygen atoms in total. The lowest BCUT2D eigenvalue weighted by Gasteiger charge is -2.31. The Bertz CT molecular complexity index is 508. The lowest BCUT2D eigenvalue weighted by atomic mass is 9.81. The molecule has 0 saturated heterocycles. The first-order valence-corrected chi connectivity index (χ1v) is 6.67. The van der Waals surface area contributed by atoms with Crippen LogP contribution in [0.25, 0.3) is 0 Å². The van der Waals surface area contributed by atoms with Crippen molar-refractivity contribution in [1.82, 2.24) is 9.97 Å². The molecular weight excluding hydrogens is 252 g/mol. The predicted molar refractivity (Wildman–Crippen MR) is 66.5 cm³/mol. The molecule has 1 aromatic rings. The Morgan fingerprint density at radius 1 is 1.67 bits per heavy atom. The topological polar surface area (TPSA) is 98.9 Å². The minimum atomic E-state index is -1.05. The number of carboxylic acid groups (broad SMARTS) is 1. The van der Waals surface area contributed by atoms with Crippen LogP contribution in [0.4, 0.5) is 5.82 Å². The van der Waals surface area contributed by atoms with Crippen LogP contribution in [0.3, 0.4) is 0 Å². The van der Waals surface area contributed by atoms with Gasteiger partial charge in [-0.3, -0.25) is 0 Å². The average molecular weight is 264 g/mol. The van der Waals surface area contributed by atoms with Crippen molar-refractivity contribution in [1.29, 1.82) is 5.26 Å². The van der Waals surface area contributed by atoms with E-state index in [1.54, 1.807) is 0 Å². The fraction of sp³-hybridized carbons (Fsp3) is 0.455. The van der Waals surface area contributed by atoms with Crippen molar-refractivity contribution in [2.45, 2.75) is 24.0 Å². The van der Waals surface area contributed by atoms with Crippen molar-refractivity contribution < 1.29 is 9.90 Å². The van der Waals surface area contributed by atoms with Gasteiger partial charge in [0, 0.05) is 12.2 Å². The fourth-order valence-corrected chi connectivity index (χ4v) is 2.11. The van der Waals surface area contributed by atoms with Crippen molar-refractivity contribution in [3.8, 4) is 6.07 Å². The molecule has 94 valence electrons. The van der Waals surface area contributed by atoms with E-state index in [9.17, 15) is 4.79 Å². The second kappa shape index (κ2) is 5.23. The summed E-state index contributed by atoms with van der Waals surface area (Å²) in [6.07, 6.45) is 4.60. The molecule has 2 rings (SSSR count). The third-order valence-electron chi connectivity index (χ3n) is 2.84. The van der Waals surface area contributed by atoms with Crippen LogP contribution in [0.5, 0.6) is 0 Å². The van der Waals surface area contributed by atoms with Crippen molar-refractivity contribution in [3.05, 3.63) is 11.8 Å². The highest BCUT2D eigenvalue weighted by atomic mass is 32.2. The summed E-state index contributed by atoms with van der Waals surface area (Å²) in [5.41, 5.74) is 0.0632. The van der Waals surface area contributed by atoms with E-state index >= 15 is 0 Å². The third-order valence-corrected chi connectivity index (χ3v) is 3.40. The Morgan fingerprint density at radius 3 is 2.94 bits per heavy atom. The maximum Gasteiger partial charge on any atom is 0.341 e. The molecule has 0 atom stereocenters. The van der Waals surface area contributed by atoms with Gasteiger partial charge in [-0.05, 0) is 19.1 Å². The van der Waals surface area contributed by atoms with Crippen molar-refractivity contribution in [2.75, 3.05) is 11.6 Å². The number of hydrogen-bond donors (Lipinski definition) is 2. The standard InChI is InChI=1S/C11H12N4O2S/c1-18-11-13-5-8(10(16)17)9(15-11)14-7-2-6(3-7)4-12/h5-7H,2-3H2,1H3,(H,16,17)(H,13,14,15)/t6-,7-. The Labute approximate surface area is 108 Å². The van der Waals surface area contributed by atoms with E-state index in [4.69, 9.17) is 10.4 Å². The Kier molecular flexibility index (Phi) is 3.67. The Morgan fingerprint density at radius 2 is 2.39 bits per heavy atom. The molecule has 1 saturated carbocycles. The lowest BCUT2D eigenvalue weighted by Crippen LogP contribution is -2.35. The maximum atomic E-state index is 11.1. The van der Waals surface area contributed by atoms with Gasteiger partial charge in [-0.2, -0.15) is 5.26 Å². The van der Waals surface area contributed by atoms with E-state index in [2.05, 4.69) is 21.4 Å². The summed E-state index contributed by atoms with van der Waals surface area (Å²) in [7, 11) is 0. The molecule has 0 unspecified atom stereocenters. The van der Waals surface area contributed by atoms with E-state index < -0.39 is 5.97 Å². The van der Waals surface area contributed by atoms with Gasteiger partial charge in [0.05, 0.1) is 12.0 Å². The van der Waals surface area contributed by atoms with Crippen molar-refractivity contribution in [3.63, 3.8) is 0 Å². The summed E-state index contributed by atoms with van der Waals surface area (Å²) >= 11 is 1.35. The van der Waals surface area contributed by atoms with E-state index in [-0.39, 0.29) is 17.5 Å². The molecule has 2 N–H and O–H groups in total. The number of hydrogen-bond acceptors (Lipinski definition) is 6.